The van der Waals surface area contributed by atoms with Crippen molar-refractivity contribution in [1.29, 1.82) is 0 Å². The molecule has 3 N–H and O–H groups in total. The van der Waals surface area contributed by atoms with Crippen LogP contribution < -0.4 is 11.3 Å². The van der Waals surface area contributed by atoms with Gasteiger partial charge in [0, 0.05) is 23.2 Å². The second-order valence-electron chi connectivity index (χ2n) is 3.94. The zero-order valence-electron chi connectivity index (χ0n) is 10.5. The molecule has 0 atom stereocenters. The molecule has 6 heteroatoms. The summed E-state index contributed by atoms with van der Waals surface area (Å²) >= 11 is 1.53. The van der Waals surface area contributed by atoms with Crippen LogP contribution >= 0.6 is 11.8 Å². The molecule has 1 heterocycles. The van der Waals surface area contributed by atoms with E-state index in [2.05, 4.69) is 15.4 Å². The van der Waals surface area contributed by atoms with Crippen molar-refractivity contribution in [3.05, 3.63) is 53.3 Å². The third-order valence-corrected chi connectivity index (χ3v) is 3.39. The van der Waals surface area contributed by atoms with E-state index >= 15 is 0 Å². The maximum absolute atomic E-state index is 11.4. The number of carbonyl (C=O) groups excluding carboxylic acids is 1. The van der Waals surface area contributed by atoms with Crippen molar-refractivity contribution in [3.63, 3.8) is 0 Å². The first-order chi connectivity index (χ1) is 9.19. The zero-order chi connectivity index (χ0) is 13.7. The molecule has 0 spiro atoms. The Hall–Kier alpha value is -1.92. The summed E-state index contributed by atoms with van der Waals surface area (Å²) < 4.78 is 0. The number of nitrogens with one attached hydrogen (secondary N) is 1. The fourth-order valence-electron chi connectivity index (χ4n) is 1.53. The van der Waals surface area contributed by atoms with Gasteiger partial charge in [0.2, 0.25) is 0 Å². The van der Waals surface area contributed by atoms with Crippen molar-refractivity contribution >= 4 is 17.7 Å². The Bertz CT molecular complexity index is 588. The third-order valence-electron chi connectivity index (χ3n) is 2.46. The lowest BCUT2D eigenvalue weighted by molar-refractivity contribution is 0.0953. The Morgan fingerprint density at radius 2 is 2.26 bits per heavy atom. The second kappa shape index (κ2) is 6.31. The smallest absolute Gasteiger partial charge is 0.265 e. The van der Waals surface area contributed by atoms with Crippen molar-refractivity contribution in [1.82, 2.24) is 15.4 Å². The van der Waals surface area contributed by atoms with E-state index < -0.39 is 0 Å². The van der Waals surface area contributed by atoms with Crippen LogP contribution in [0.1, 0.15) is 21.6 Å². The van der Waals surface area contributed by atoms with E-state index in [4.69, 9.17) is 5.84 Å². The third kappa shape index (κ3) is 3.77. The highest BCUT2D eigenvalue weighted by atomic mass is 32.2. The second-order valence-corrected chi connectivity index (χ2v) is 4.89. The summed E-state index contributed by atoms with van der Waals surface area (Å²) in [5.41, 5.74) is 4.63. The molecule has 0 aliphatic carbocycles. The number of thioether (sulfide) groups is 1. The van der Waals surface area contributed by atoms with Crippen LogP contribution in [0.2, 0.25) is 0 Å². The van der Waals surface area contributed by atoms with Gasteiger partial charge in [-0.05, 0) is 30.7 Å². The first-order valence-electron chi connectivity index (χ1n) is 5.71. The average Bonchev–Trinajstić information content (AvgIpc) is 2.45. The number of aromatic nitrogens is 2. The minimum Gasteiger partial charge on any atom is -0.290 e. The molecular formula is C13H14N4OS. The molecule has 19 heavy (non-hydrogen) atoms. The number of nitrogen functional groups attached to an aromatic ring is 1. The largest absolute Gasteiger partial charge is 0.290 e. The summed E-state index contributed by atoms with van der Waals surface area (Å²) in [6.45, 7) is 1.93. The fraction of sp³-hybridized carbons (Fsp3) is 0.154. The summed E-state index contributed by atoms with van der Waals surface area (Å²) in [6.07, 6.45) is 1.74. The van der Waals surface area contributed by atoms with Crippen molar-refractivity contribution in [2.45, 2.75) is 17.8 Å². The van der Waals surface area contributed by atoms with Crippen LogP contribution in [0.3, 0.4) is 0 Å². The molecule has 1 amide bonds. The molecule has 0 bridgehead atoms. The molecule has 2 rings (SSSR count). The lowest BCUT2D eigenvalue weighted by Crippen LogP contribution is -2.29. The van der Waals surface area contributed by atoms with Crippen LogP contribution in [-0.2, 0) is 5.75 Å². The van der Waals surface area contributed by atoms with Crippen molar-refractivity contribution < 1.29 is 4.79 Å². The quantitative estimate of drug-likeness (QED) is 0.291. The molecule has 0 radical (unpaired) electrons. The van der Waals surface area contributed by atoms with Gasteiger partial charge in [-0.3, -0.25) is 10.2 Å². The number of hydrogen-bond donors (Lipinski definition) is 2. The highest BCUT2D eigenvalue weighted by Gasteiger charge is 2.05. The van der Waals surface area contributed by atoms with Gasteiger partial charge in [-0.1, -0.05) is 23.9 Å². The number of benzene rings is 1. The number of nitrogens with zero attached hydrogens (tertiary/aromatic N) is 2. The summed E-state index contributed by atoms with van der Waals surface area (Å²) in [5, 5.41) is 0.730. The standard InChI is InChI=1S/C13H14N4OS/c1-9-5-6-15-13(16-9)19-8-10-3-2-4-11(7-10)12(18)17-14/h2-7H,8,14H2,1H3,(H,17,18). The first-order valence-corrected chi connectivity index (χ1v) is 6.70. The maximum atomic E-state index is 11.4. The molecule has 0 aliphatic heterocycles. The highest BCUT2D eigenvalue weighted by molar-refractivity contribution is 7.98. The Labute approximate surface area is 115 Å². The van der Waals surface area contributed by atoms with Crippen LogP contribution in [-0.4, -0.2) is 15.9 Å². The van der Waals surface area contributed by atoms with Gasteiger partial charge in [-0.25, -0.2) is 15.8 Å². The molecule has 0 aliphatic rings. The molecule has 2 aromatic rings. The van der Waals surface area contributed by atoms with Crippen molar-refractivity contribution in [2.75, 3.05) is 0 Å². The van der Waals surface area contributed by atoms with Gasteiger partial charge >= 0.3 is 0 Å². The van der Waals surface area contributed by atoms with Crippen LogP contribution in [0.25, 0.3) is 0 Å². The molecule has 0 saturated carbocycles. The first kappa shape index (κ1) is 13.5. The predicted molar refractivity (Wildman–Crippen MR) is 74.4 cm³/mol. The lowest BCUT2D eigenvalue weighted by Gasteiger charge is -2.04. The minimum absolute atomic E-state index is 0.293. The van der Waals surface area contributed by atoms with E-state index in [0.29, 0.717) is 11.3 Å². The fourth-order valence-corrected chi connectivity index (χ4v) is 2.35. The summed E-state index contributed by atoms with van der Waals surface area (Å²) in [5.74, 6) is 5.52. The minimum atomic E-state index is -0.293. The zero-order valence-corrected chi connectivity index (χ0v) is 11.3. The number of hydrazine groups is 1. The predicted octanol–water partition coefficient (Wildman–Crippen LogP) is 1.68. The van der Waals surface area contributed by atoms with Gasteiger partial charge in [0.15, 0.2) is 5.16 Å². The molecule has 0 fully saturated rings. The van der Waals surface area contributed by atoms with Gasteiger partial charge in [0.05, 0.1) is 0 Å². The summed E-state index contributed by atoms with van der Waals surface area (Å²) in [4.78, 5) is 19.9. The molecular weight excluding hydrogens is 260 g/mol. The van der Waals surface area contributed by atoms with E-state index in [-0.39, 0.29) is 5.91 Å². The SMILES string of the molecule is Cc1ccnc(SCc2cccc(C(=O)NN)c2)n1. The number of rotatable bonds is 4. The number of carbonyl (C=O) groups is 1. The number of aryl methyl sites for hydroxylation is 1. The molecule has 98 valence electrons. The van der Waals surface area contributed by atoms with Crippen molar-refractivity contribution in [2.24, 2.45) is 5.84 Å². The lowest BCUT2D eigenvalue weighted by atomic mass is 10.1. The van der Waals surface area contributed by atoms with Crippen LogP contribution in [0.15, 0.2) is 41.7 Å². The monoisotopic (exact) mass is 274 g/mol. The van der Waals surface area contributed by atoms with Gasteiger partial charge in [-0.15, -0.1) is 0 Å². The molecule has 1 aromatic carbocycles. The van der Waals surface area contributed by atoms with E-state index in [1.807, 2.05) is 31.2 Å². The Morgan fingerprint density at radius 1 is 1.42 bits per heavy atom. The van der Waals surface area contributed by atoms with Crippen LogP contribution in [0, 0.1) is 6.92 Å². The molecule has 0 saturated heterocycles. The van der Waals surface area contributed by atoms with Gasteiger partial charge in [-0.2, -0.15) is 0 Å². The number of nitrogens with two attached hydrogens (primary N) is 1. The Kier molecular flexibility index (Phi) is 4.48. The Balaban J connectivity index is 2.05. The molecule has 0 unspecified atom stereocenters. The maximum Gasteiger partial charge on any atom is 0.265 e. The Morgan fingerprint density at radius 3 is 3.00 bits per heavy atom. The van der Waals surface area contributed by atoms with Gasteiger partial charge in [0.1, 0.15) is 0 Å². The number of hydrogen-bond acceptors (Lipinski definition) is 5. The van der Waals surface area contributed by atoms with Gasteiger partial charge < -0.3 is 0 Å². The van der Waals surface area contributed by atoms with E-state index in [0.717, 1.165) is 16.4 Å². The van der Waals surface area contributed by atoms with Crippen LogP contribution in [0.4, 0.5) is 0 Å². The van der Waals surface area contributed by atoms with E-state index in [1.165, 1.54) is 11.8 Å². The molecule has 1 aromatic heterocycles. The highest BCUT2D eigenvalue weighted by Crippen LogP contribution is 2.19. The summed E-state index contributed by atoms with van der Waals surface area (Å²) in [7, 11) is 0. The van der Waals surface area contributed by atoms with E-state index in [1.54, 1.807) is 12.3 Å². The van der Waals surface area contributed by atoms with Crippen LogP contribution in [0.5, 0.6) is 0 Å². The van der Waals surface area contributed by atoms with Gasteiger partial charge in [0.25, 0.3) is 5.91 Å². The topological polar surface area (TPSA) is 80.9 Å². The molecule has 5 nitrogen and oxygen atoms in total. The number of amides is 1. The normalized spacial score (nSPS) is 10.2. The summed E-state index contributed by atoms with van der Waals surface area (Å²) in [6, 6.07) is 9.18. The van der Waals surface area contributed by atoms with E-state index in [9.17, 15) is 4.79 Å². The average molecular weight is 274 g/mol. The van der Waals surface area contributed by atoms with Crippen molar-refractivity contribution in [3.8, 4) is 0 Å².